The highest BCUT2D eigenvalue weighted by atomic mass is 16.5. The first-order valence-corrected chi connectivity index (χ1v) is 5.31. The molecule has 14 heavy (non-hydrogen) atoms. The molecule has 82 valence electrons. The van der Waals surface area contributed by atoms with E-state index in [1.165, 1.54) is 0 Å². The van der Waals surface area contributed by atoms with E-state index in [0.717, 1.165) is 13.0 Å². The molecule has 0 aliphatic carbocycles. The average Bonchev–Trinajstić information content (AvgIpc) is 2.74. The van der Waals surface area contributed by atoms with E-state index in [4.69, 9.17) is 4.74 Å². The molecule has 0 aromatic carbocycles. The van der Waals surface area contributed by atoms with E-state index in [-0.39, 0.29) is 11.8 Å². The quantitative estimate of drug-likeness (QED) is 0.703. The lowest BCUT2D eigenvalue weighted by Crippen LogP contribution is -2.30. The molecule has 1 aliphatic rings. The van der Waals surface area contributed by atoms with Gasteiger partial charge in [-0.1, -0.05) is 26.0 Å². The molecule has 1 rings (SSSR count). The zero-order valence-corrected chi connectivity index (χ0v) is 9.38. The average molecular weight is 199 g/mol. The lowest BCUT2D eigenvalue weighted by atomic mass is 10.1. The fourth-order valence-electron chi connectivity index (χ4n) is 1.16. The van der Waals surface area contributed by atoms with Gasteiger partial charge in [-0.2, -0.15) is 0 Å². The summed E-state index contributed by atoms with van der Waals surface area (Å²) in [5, 5.41) is 2.82. The topological polar surface area (TPSA) is 38.3 Å². The molecule has 0 saturated carbocycles. The molecule has 1 aliphatic heterocycles. The Hall–Kier alpha value is -0.830. The minimum Gasteiger partial charge on any atom is -0.381 e. The third-order valence-corrected chi connectivity index (χ3v) is 1.93. The maximum atomic E-state index is 11.3. The predicted molar refractivity (Wildman–Crippen MR) is 58.1 cm³/mol. The van der Waals surface area contributed by atoms with Crippen LogP contribution in [0.2, 0.25) is 0 Å². The van der Waals surface area contributed by atoms with Crippen molar-refractivity contribution in [3.8, 4) is 0 Å². The smallest absolute Gasteiger partial charge is 0.225 e. The monoisotopic (exact) mass is 199 g/mol. The van der Waals surface area contributed by atoms with Crippen molar-refractivity contribution in [2.24, 2.45) is 5.92 Å². The fraction of sp³-hybridized carbons (Fsp3) is 0.727. The largest absolute Gasteiger partial charge is 0.381 e. The van der Waals surface area contributed by atoms with Gasteiger partial charge in [-0.05, 0) is 13.3 Å². The van der Waals surface area contributed by atoms with Gasteiger partial charge in [0.15, 0.2) is 0 Å². The van der Waals surface area contributed by atoms with Crippen molar-refractivity contribution in [3.63, 3.8) is 0 Å². The zero-order valence-electron chi connectivity index (χ0n) is 9.38. The third kappa shape index (κ3) is 5.02. The Morgan fingerprint density at radius 2 is 2.29 bits per heavy atom. The van der Waals surface area contributed by atoms with Gasteiger partial charge in [0.25, 0.3) is 0 Å². The summed E-state index contributed by atoms with van der Waals surface area (Å²) in [4.78, 5) is 11.3. The van der Waals surface area contributed by atoms with Gasteiger partial charge >= 0.3 is 0 Å². The number of nitrogens with one attached hydrogen (secondary N) is 1. The number of ether oxygens (including phenoxy) is 1. The van der Waals surface area contributed by atoms with Crippen molar-refractivity contribution in [2.75, 3.05) is 19.8 Å². The summed E-state index contributed by atoms with van der Waals surface area (Å²) in [6.07, 6.45) is 4.71. The standard InChI is InChI=1S/C9H15NO2.C2H6/c1-2-3-5-10-9(11)8-4-6-12-7-8;1-2/h2-3,8H,4-7H2,1H3,(H,10,11);1-2H3/b3-2+;. The summed E-state index contributed by atoms with van der Waals surface area (Å²) in [6.45, 7) is 7.88. The Kier molecular flexibility index (Phi) is 8.24. The summed E-state index contributed by atoms with van der Waals surface area (Å²) in [6, 6.07) is 0. The molecule has 3 nitrogen and oxygen atoms in total. The molecule has 1 unspecified atom stereocenters. The maximum absolute atomic E-state index is 11.3. The molecule has 0 spiro atoms. The van der Waals surface area contributed by atoms with E-state index in [0.29, 0.717) is 13.2 Å². The Morgan fingerprint density at radius 3 is 2.79 bits per heavy atom. The second-order valence-electron chi connectivity index (χ2n) is 2.87. The van der Waals surface area contributed by atoms with E-state index in [9.17, 15) is 4.79 Å². The Balaban J connectivity index is 0.000000791. The summed E-state index contributed by atoms with van der Waals surface area (Å²) in [5.74, 6) is 0.195. The van der Waals surface area contributed by atoms with Gasteiger partial charge in [0.05, 0.1) is 12.5 Å². The fourth-order valence-corrected chi connectivity index (χ4v) is 1.16. The van der Waals surface area contributed by atoms with Gasteiger partial charge in [-0.15, -0.1) is 0 Å². The van der Waals surface area contributed by atoms with Crippen LogP contribution in [0.15, 0.2) is 12.2 Å². The highest BCUT2D eigenvalue weighted by molar-refractivity contribution is 5.79. The molecule has 0 bridgehead atoms. The Morgan fingerprint density at radius 1 is 1.57 bits per heavy atom. The maximum Gasteiger partial charge on any atom is 0.225 e. The first kappa shape index (κ1) is 13.2. The first-order chi connectivity index (χ1) is 6.84. The van der Waals surface area contributed by atoms with Crippen LogP contribution in [-0.4, -0.2) is 25.7 Å². The van der Waals surface area contributed by atoms with Crippen molar-refractivity contribution in [1.82, 2.24) is 5.32 Å². The van der Waals surface area contributed by atoms with Crippen molar-refractivity contribution in [2.45, 2.75) is 27.2 Å². The van der Waals surface area contributed by atoms with Gasteiger partial charge in [0.1, 0.15) is 0 Å². The van der Waals surface area contributed by atoms with E-state index in [1.807, 2.05) is 32.9 Å². The number of carbonyl (C=O) groups is 1. The van der Waals surface area contributed by atoms with Gasteiger partial charge in [0, 0.05) is 13.2 Å². The van der Waals surface area contributed by atoms with Crippen LogP contribution in [-0.2, 0) is 9.53 Å². The number of rotatable bonds is 3. The minimum absolute atomic E-state index is 0.0789. The molecule has 1 atom stereocenters. The molecular formula is C11H21NO2. The van der Waals surface area contributed by atoms with Crippen molar-refractivity contribution >= 4 is 5.91 Å². The summed E-state index contributed by atoms with van der Waals surface area (Å²) < 4.78 is 5.11. The van der Waals surface area contributed by atoms with E-state index < -0.39 is 0 Å². The molecule has 1 fully saturated rings. The predicted octanol–water partition coefficient (Wildman–Crippen LogP) is 1.74. The first-order valence-electron chi connectivity index (χ1n) is 5.31. The molecule has 0 radical (unpaired) electrons. The third-order valence-electron chi connectivity index (χ3n) is 1.93. The van der Waals surface area contributed by atoms with Gasteiger partial charge in [-0.25, -0.2) is 0 Å². The van der Waals surface area contributed by atoms with Crippen LogP contribution in [0.1, 0.15) is 27.2 Å². The Bertz CT molecular complexity index is 172. The highest BCUT2D eigenvalue weighted by Gasteiger charge is 2.22. The van der Waals surface area contributed by atoms with Crippen LogP contribution >= 0.6 is 0 Å². The van der Waals surface area contributed by atoms with Crippen LogP contribution < -0.4 is 5.32 Å². The van der Waals surface area contributed by atoms with E-state index >= 15 is 0 Å². The van der Waals surface area contributed by atoms with Crippen molar-refractivity contribution in [1.29, 1.82) is 0 Å². The molecule has 0 aromatic rings. The van der Waals surface area contributed by atoms with E-state index in [2.05, 4.69) is 5.32 Å². The number of carbonyl (C=O) groups excluding carboxylic acids is 1. The number of amides is 1. The lowest BCUT2D eigenvalue weighted by molar-refractivity contribution is -0.124. The molecule has 1 heterocycles. The van der Waals surface area contributed by atoms with Crippen LogP contribution in [0.4, 0.5) is 0 Å². The normalized spacial score (nSPS) is 20.4. The zero-order chi connectivity index (χ0) is 10.8. The van der Waals surface area contributed by atoms with Crippen LogP contribution in [0.3, 0.4) is 0 Å². The van der Waals surface area contributed by atoms with Crippen LogP contribution in [0.5, 0.6) is 0 Å². The van der Waals surface area contributed by atoms with Gasteiger partial charge in [-0.3, -0.25) is 4.79 Å². The Labute approximate surface area is 86.5 Å². The molecular weight excluding hydrogens is 178 g/mol. The molecule has 1 N–H and O–H groups in total. The van der Waals surface area contributed by atoms with Crippen molar-refractivity contribution in [3.05, 3.63) is 12.2 Å². The number of allylic oxidation sites excluding steroid dienone is 1. The molecule has 3 heteroatoms. The number of hydrogen-bond donors (Lipinski definition) is 1. The van der Waals surface area contributed by atoms with Crippen molar-refractivity contribution < 1.29 is 9.53 Å². The van der Waals surface area contributed by atoms with Crippen LogP contribution in [0, 0.1) is 5.92 Å². The molecule has 0 aromatic heterocycles. The molecule has 1 saturated heterocycles. The second-order valence-corrected chi connectivity index (χ2v) is 2.87. The van der Waals surface area contributed by atoms with Gasteiger partial charge in [0.2, 0.25) is 5.91 Å². The van der Waals surface area contributed by atoms with Gasteiger partial charge < -0.3 is 10.1 Å². The summed E-state index contributed by atoms with van der Waals surface area (Å²) in [7, 11) is 0. The second kappa shape index (κ2) is 8.75. The number of hydrogen-bond acceptors (Lipinski definition) is 2. The summed E-state index contributed by atoms with van der Waals surface area (Å²) in [5.41, 5.74) is 0. The highest BCUT2D eigenvalue weighted by Crippen LogP contribution is 2.11. The van der Waals surface area contributed by atoms with E-state index in [1.54, 1.807) is 0 Å². The minimum atomic E-state index is 0.0789. The van der Waals surface area contributed by atoms with Crippen LogP contribution in [0.25, 0.3) is 0 Å². The summed E-state index contributed by atoms with van der Waals surface area (Å²) >= 11 is 0. The lowest BCUT2D eigenvalue weighted by Gasteiger charge is -2.06. The SMILES string of the molecule is C/C=C/CNC(=O)C1CCOC1.CC. The molecule has 1 amide bonds.